The molecule has 2 heterocycles. The number of aliphatic hydroxyl groups is 1. The van der Waals surface area contributed by atoms with Crippen molar-refractivity contribution < 1.29 is 9.90 Å². The molecule has 0 unspecified atom stereocenters. The van der Waals surface area contributed by atoms with Crippen LogP contribution in [0.1, 0.15) is 29.9 Å². The predicted molar refractivity (Wildman–Crippen MR) is 137 cm³/mol. The summed E-state index contributed by atoms with van der Waals surface area (Å²) >= 11 is 0. The zero-order valence-electron chi connectivity index (χ0n) is 19.7. The van der Waals surface area contributed by atoms with Gasteiger partial charge in [0.25, 0.3) is 0 Å². The van der Waals surface area contributed by atoms with E-state index < -0.39 is 0 Å². The van der Waals surface area contributed by atoms with Gasteiger partial charge in [0, 0.05) is 36.8 Å². The number of rotatable bonds is 4. The van der Waals surface area contributed by atoms with E-state index >= 15 is 0 Å². The highest BCUT2D eigenvalue weighted by Crippen LogP contribution is 2.42. The number of anilines is 1. The van der Waals surface area contributed by atoms with Gasteiger partial charge in [0.15, 0.2) is 0 Å². The molecule has 5 heteroatoms. The molecule has 5 rings (SSSR count). The van der Waals surface area contributed by atoms with Crippen LogP contribution < -0.4 is 5.32 Å². The fourth-order valence-corrected chi connectivity index (χ4v) is 5.63. The van der Waals surface area contributed by atoms with Crippen LogP contribution in [-0.2, 0) is 0 Å². The van der Waals surface area contributed by atoms with Crippen LogP contribution in [0, 0.1) is 6.92 Å². The van der Waals surface area contributed by atoms with Crippen LogP contribution in [0.25, 0.3) is 11.1 Å². The minimum atomic E-state index is -0.0471. The summed E-state index contributed by atoms with van der Waals surface area (Å²) in [4.78, 5) is 17.4. The van der Waals surface area contributed by atoms with Gasteiger partial charge in [-0.3, -0.25) is 4.90 Å². The molecule has 34 heavy (non-hydrogen) atoms. The van der Waals surface area contributed by atoms with Crippen LogP contribution in [0.15, 0.2) is 78.9 Å². The van der Waals surface area contributed by atoms with Gasteiger partial charge in [0.05, 0.1) is 6.61 Å². The Balaban J connectivity index is 1.36. The number of aryl methyl sites for hydroxylation is 1. The van der Waals surface area contributed by atoms with E-state index in [0.717, 1.165) is 31.6 Å². The van der Waals surface area contributed by atoms with Crippen LogP contribution in [0.5, 0.6) is 0 Å². The average Bonchev–Trinajstić information content (AvgIpc) is 2.84. The molecule has 3 aromatic rings. The minimum Gasteiger partial charge on any atom is -0.395 e. The molecule has 5 nitrogen and oxygen atoms in total. The number of carbonyl (C=O) groups excluding carboxylic acids is 1. The van der Waals surface area contributed by atoms with Gasteiger partial charge in [-0.05, 0) is 60.7 Å². The molecule has 3 atom stereocenters. The lowest BCUT2D eigenvalue weighted by atomic mass is 9.74. The summed E-state index contributed by atoms with van der Waals surface area (Å²) < 4.78 is 0. The third kappa shape index (κ3) is 4.46. The summed E-state index contributed by atoms with van der Waals surface area (Å²) in [5.41, 5.74) is 5.77. The SMILES string of the molecule is Cc1ccccc1-c1ccc([C@H]2[C@H](CO)N3CCCCN(C(=O)Nc4ccccc4)C[C@@H]23)cc1. The first-order valence-corrected chi connectivity index (χ1v) is 12.3. The van der Waals surface area contributed by atoms with Crippen LogP contribution in [0.2, 0.25) is 0 Å². The quantitative estimate of drug-likeness (QED) is 0.574. The molecule has 176 valence electrons. The number of urea groups is 1. The molecule has 0 saturated carbocycles. The Hall–Kier alpha value is -3.15. The summed E-state index contributed by atoms with van der Waals surface area (Å²) in [6, 6.07) is 27.1. The lowest BCUT2D eigenvalue weighted by molar-refractivity contribution is -0.0585. The Labute approximate surface area is 202 Å². The number of carbonyl (C=O) groups is 1. The van der Waals surface area contributed by atoms with Crippen molar-refractivity contribution in [2.75, 3.05) is 31.6 Å². The Morgan fingerprint density at radius 3 is 2.38 bits per heavy atom. The monoisotopic (exact) mass is 455 g/mol. The molecule has 2 amide bonds. The smallest absolute Gasteiger partial charge is 0.321 e. The van der Waals surface area contributed by atoms with Crippen molar-refractivity contribution in [3.63, 3.8) is 0 Å². The van der Waals surface area contributed by atoms with E-state index in [0.29, 0.717) is 6.54 Å². The third-order valence-electron chi connectivity index (χ3n) is 7.43. The van der Waals surface area contributed by atoms with Crippen molar-refractivity contribution in [1.82, 2.24) is 9.80 Å². The van der Waals surface area contributed by atoms with Crippen molar-refractivity contribution >= 4 is 11.7 Å². The second-order valence-corrected chi connectivity index (χ2v) is 9.47. The van der Waals surface area contributed by atoms with Crippen LogP contribution >= 0.6 is 0 Å². The fraction of sp³-hybridized carbons (Fsp3) is 0.345. The molecular weight excluding hydrogens is 422 g/mol. The van der Waals surface area contributed by atoms with Gasteiger partial charge in [-0.15, -0.1) is 0 Å². The first-order chi connectivity index (χ1) is 16.7. The summed E-state index contributed by atoms with van der Waals surface area (Å²) in [7, 11) is 0. The van der Waals surface area contributed by atoms with E-state index in [4.69, 9.17) is 0 Å². The van der Waals surface area contributed by atoms with Gasteiger partial charge in [-0.25, -0.2) is 4.79 Å². The van der Waals surface area contributed by atoms with Crippen LogP contribution in [0.3, 0.4) is 0 Å². The van der Waals surface area contributed by atoms with Crippen molar-refractivity contribution in [1.29, 1.82) is 0 Å². The third-order valence-corrected chi connectivity index (χ3v) is 7.43. The predicted octanol–water partition coefficient (Wildman–Crippen LogP) is 5.12. The summed E-state index contributed by atoms with van der Waals surface area (Å²) in [5.74, 6) is 0.209. The number of amides is 2. The van der Waals surface area contributed by atoms with E-state index in [1.54, 1.807) is 0 Å². The second-order valence-electron chi connectivity index (χ2n) is 9.47. The van der Waals surface area contributed by atoms with E-state index in [2.05, 4.69) is 65.7 Å². The molecule has 0 radical (unpaired) electrons. The molecule has 2 N–H and O–H groups in total. The zero-order chi connectivity index (χ0) is 23.5. The average molecular weight is 456 g/mol. The van der Waals surface area contributed by atoms with Crippen LogP contribution in [-0.4, -0.2) is 59.3 Å². The molecule has 3 aromatic carbocycles. The van der Waals surface area contributed by atoms with Gasteiger partial charge in [0.1, 0.15) is 0 Å². The maximum absolute atomic E-state index is 13.1. The molecular formula is C29H33N3O2. The number of nitrogens with zero attached hydrogens (tertiary/aromatic N) is 2. The number of para-hydroxylation sites is 1. The summed E-state index contributed by atoms with van der Waals surface area (Å²) in [6.45, 7) is 4.67. The molecule has 2 aliphatic heterocycles. The Kier molecular flexibility index (Phi) is 6.66. The highest BCUT2D eigenvalue weighted by Gasteiger charge is 2.49. The van der Waals surface area contributed by atoms with Gasteiger partial charge in [0.2, 0.25) is 0 Å². The van der Waals surface area contributed by atoms with E-state index in [1.807, 2.05) is 35.2 Å². The molecule has 2 fully saturated rings. The van der Waals surface area contributed by atoms with Crippen LogP contribution in [0.4, 0.5) is 10.5 Å². The van der Waals surface area contributed by atoms with Crippen molar-refractivity contribution in [2.24, 2.45) is 0 Å². The normalized spacial score (nSPS) is 22.8. The topological polar surface area (TPSA) is 55.8 Å². The summed E-state index contributed by atoms with van der Waals surface area (Å²) in [5, 5.41) is 13.3. The highest BCUT2D eigenvalue weighted by atomic mass is 16.3. The molecule has 2 saturated heterocycles. The van der Waals surface area contributed by atoms with Crippen molar-refractivity contribution in [3.8, 4) is 11.1 Å². The lowest BCUT2D eigenvalue weighted by Gasteiger charge is -2.57. The number of hydrogen-bond donors (Lipinski definition) is 2. The highest BCUT2D eigenvalue weighted by molar-refractivity contribution is 5.89. The first kappa shape index (κ1) is 22.6. The number of fused-ring (bicyclic) bond motifs is 1. The number of benzene rings is 3. The molecule has 0 spiro atoms. The Morgan fingerprint density at radius 2 is 1.65 bits per heavy atom. The van der Waals surface area contributed by atoms with Gasteiger partial charge in [-0.2, -0.15) is 0 Å². The number of aliphatic hydroxyl groups excluding tert-OH is 1. The largest absolute Gasteiger partial charge is 0.395 e. The number of hydrogen-bond acceptors (Lipinski definition) is 3. The minimum absolute atomic E-state index is 0.0471. The number of nitrogens with one attached hydrogen (secondary N) is 1. The molecule has 0 aromatic heterocycles. The maximum Gasteiger partial charge on any atom is 0.321 e. The fourth-order valence-electron chi connectivity index (χ4n) is 5.63. The Bertz CT molecular complexity index is 1120. The van der Waals surface area contributed by atoms with E-state index in [9.17, 15) is 9.90 Å². The van der Waals surface area contributed by atoms with Gasteiger partial charge in [-0.1, -0.05) is 66.7 Å². The molecule has 0 aliphatic carbocycles. The lowest BCUT2D eigenvalue weighted by Crippen LogP contribution is -2.68. The molecule has 0 bridgehead atoms. The second kappa shape index (κ2) is 10.00. The van der Waals surface area contributed by atoms with Crippen molar-refractivity contribution in [3.05, 3.63) is 90.0 Å². The first-order valence-electron chi connectivity index (χ1n) is 12.3. The molecule has 2 aliphatic rings. The zero-order valence-corrected chi connectivity index (χ0v) is 19.7. The van der Waals surface area contributed by atoms with Gasteiger partial charge < -0.3 is 15.3 Å². The van der Waals surface area contributed by atoms with E-state index in [-0.39, 0.29) is 30.6 Å². The van der Waals surface area contributed by atoms with Crippen molar-refractivity contribution in [2.45, 2.75) is 37.8 Å². The van der Waals surface area contributed by atoms with E-state index in [1.165, 1.54) is 22.3 Å². The standard InChI is InChI=1S/C29H33N3O2/c1-21-9-5-6-12-25(21)22-13-15-23(16-14-22)28-26-19-31(17-7-8-18-32(26)27(28)20-33)29(34)30-24-10-3-2-4-11-24/h2-6,9-16,26-28,33H,7-8,17-20H2,1H3,(H,30,34)/t26-,27-,28+/m0/s1. The summed E-state index contributed by atoms with van der Waals surface area (Å²) in [6.07, 6.45) is 2.00. The van der Waals surface area contributed by atoms with Gasteiger partial charge >= 0.3 is 6.03 Å². The maximum atomic E-state index is 13.1. The Morgan fingerprint density at radius 1 is 0.941 bits per heavy atom.